The van der Waals surface area contributed by atoms with Gasteiger partial charge in [0.1, 0.15) is 6.54 Å². The minimum atomic E-state index is -3.61. The van der Waals surface area contributed by atoms with Gasteiger partial charge in [-0.15, -0.1) is 0 Å². The summed E-state index contributed by atoms with van der Waals surface area (Å²) in [6, 6.07) is 8.89. The summed E-state index contributed by atoms with van der Waals surface area (Å²) in [4.78, 5) is 16.0. The van der Waals surface area contributed by atoms with Crippen molar-refractivity contribution in [1.82, 2.24) is 10.4 Å². The molecule has 25 heavy (non-hydrogen) atoms. The zero-order chi connectivity index (χ0) is 18.4. The largest absolute Gasteiger partial charge is 0.271 e. The lowest BCUT2D eigenvalue weighted by Crippen LogP contribution is -2.39. The summed E-state index contributed by atoms with van der Waals surface area (Å²) >= 11 is 0. The highest BCUT2D eigenvalue weighted by atomic mass is 32.2. The van der Waals surface area contributed by atoms with E-state index in [0.717, 1.165) is 27.3 Å². The molecule has 0 fully saturated rings. The highest BCUT2D eigenvalue weighted by molar-refractivity contribution is 7.92. The van der Waals surface area contributed by atoms with Crippen LogP contribution in [0.15, 0.2) is 47.8 Å². The molecule has 0 unspecified atom stereocenters. The fourth-order valence-corrected chi connectivity index (χ4v) is 3.18. The number of carbonyl (C=O) groups excluding carboxylic acids is 1. The Kier molecular flexibility index (Phi) is 5.87. The number of carbonyl (C=O) groups is 1. The summed E-state index contributed by atoms with van der Waals surface area (Å²) in [5, 5.41) is 3.82. The number of hydrogen-bond acceptors (Lipinski definition) is 5. The predicted octanol–water partition coefficient (Wildman–Crippen LogP) is 1.61. The van der Waals surface area contributed by atoms with E-state index in [0.29, 0.717) is 5.69 Å². The van der Waals surface area contributed by atoms with Gasteiger partial charge in [0.05, 0.1) is 18.2 Å². The zero-order valence-corrected chi connectivity index (χ0v) is 15.1. The molecule has 0 atom stereocenters. The van der Waals surface area contributed by atoms with E-state index in [2.05, 4.69) is 15.5 Å². The maximum atomic E-state index is 12.1. The Morgan fingerprint density at radius 2 is 2.08 bits per heavy atom. The lowest BCUT2D eigenvalue weighted by atomic mass is 10.1. The summed E-state index contributed by atoms with van der Waals surface area (Å²) < 4.78 is 25.3. The third kappa shape index (κ3) is 5.39. The van der Waals surface area contributed by atoms with Crippen LogP contribution in [0.2, 0.25) is 0 Å². The monoisotopic (exact) mass is 360 g/mol. The Labute approximate surface area is 147 Å². The molecule has 0 radical (unpaired) electrons. The standard InChI is InChI=1S/C17H20N4O3S/c1-13-6-7-16(14(2)9-13)21(25(3,23)24)12-17(22)20-19-11-15-5-4-8-18-10-15/h4-11H,12H2,1-3H3,(H,20,22)/b19-11-. The summed E-state index contributed by atoms with van der Waals surface area (Å²) in [5.41, 5.74) is 5.31. The summed E-state index contributed by atoms with van der Waals surface area (Å²) in [6.45, 7) is 3.37. The van der Waals surface area contributed by atoms with Crippen LogP contribution in [-0.2, 0) is 14.8 Å². The number of anilines is 1. The molecule has 0 bridgehead atoms. The maximum Gasteiger partial charge on any atom is 0.260 e. The van der Waals surface area contributed by atoms with Crippen molar-refractivity contribution in [3.63, 3.8) is 0 Å². The Balaban J connectivity index is 2.12. The average Bonchev–Trinajstić information content (AvgIpc) is 2.53. The number of hydrogen-bond donors (Lipinski definition) is 1. The minimum Gasteiger partial charge on any atom is -0.271 e. The van der Waals surface area contributed by atoms with E-state index < -0.39 is 15.9 Å². The molecule has 0 spiro atoms. The van der Waals surface area contributed by atoms with Crippen molar-refractivity contribution in [2.24, 2.45) is 5.10 Å². The van der Waals surface area contributed by atoms with Crippen LogP contribution in [0, 0.1) is 13.8 Å². The molecule has 0 aliphatic rings. The average molecular weight is 360 g/mol. The number of aromatic nitrogens is 1. The first-order valence-corrected chi connectivity index (χ1v) is 9.39. The first kappa shape index (κ1) is 18.6. The number of hydrazone groups is 1. The molecular weight excluding hydrogens is 340 g/mol. The van der Waals surface area contributed by atoms with Crippen LogP contribution in [0.5, 0.6) is 0 Å². The van der Waals surface area contributed by atoms with Crippen molar-refractivity contribution in [3.8, 4) is 0 Å². The van der Waals surface area contributed by atoms with Crippen LogP contribution in [0.3, 0.4) is 0 Å². The van der Waals surface area contributed by atoms with Gasteiger partial charge in [0, 0.05) is 18.0 Å². The Bertz CT molecular complexity index is 880. The van der Waals surface area contributed by atoms with Crippen LogP contribution in [0.4, 0.5) is 5.69 Å². The molecule has 8 heteroatoms. The molecule has 7 nitrogen and oxygen atoms in total. The van der Waals surface area contributed by atoms with E-state index in [-0.39, 0.29) is 6.54 Å². The van der Waals surface area contributed by atoms with Gasteiger partial charge in [-0.2, -0.15) is 5.10 Å². The molecule has 0 saturated heterocycles. The molecule has 1 amide bonds. The van der Waals surface area contributed by atoms with E-state index in [1.54, 1.807) is 43.6 Å². The molecule has 1 aromatic heterocycles. The van der Waals surface area contributed by atoms with Gasteiger partial charge < -0.3 is 0 Å². The predicted molar refractivity (Wildman–Crippen MR) is 98.1 cm³/mol. The molecule has 1 aromatic carbocycles. The minimum absolute atomic E-state index is 0.354. The lowest BCUT2D eigenvalue weighted by Gasteiger charge is -2.23. The Morgan fingerprint density at radius 3 is 2.68 bits per heavy atom. The second kappa shape index (κ2) is 7.89. The third-order valence-corrected chi connectivity index (χ3v) is 4.52. The number of sulfonamides is 1. The Hall–Kier alpha value is -2.74. The van der Waals surface area contributed by atoms with Gasteiger partial charge in [0.25, 0.3) is 5.91 Å². The molecule has 2 aromatic rings. The number of benzene rings is 1. The molecule has 1 N–H and O–H groups in total. The number of nitrogens with one attached hydrogen (secondary N) is 1. The van der Waals surface area contributed by atoms with Crippen LogP contribution >= 0.6 is 0 Å². The van der Waals surface area contributed by atoms with Crippen LogP contribution in [-0.4, -0.2) is 38.3 Å². The van der Waals surface area contributed by atoms with Crippen molar-refractivity contribution in [2.75, 3.05) is 17.1 Å². The third-order valence-electron chi connectivity index (χ3n) is 3.40. The van der Waals surface area contributed by atoms with Crippen LogP contribution < -0.4 is 9.73 Å². The smallest absolute Gasteiger partial charge is 0.260 e. The number of nitrogens with zero attached hydrogens (tertiary/aromatic N) is 3. The molecule has 0 aliphatic heterocycles. The van der Waals surface area contributed by atoms with Crippen molar-refractivity contribution in [3.05, 3.63) is 59.4 Å². The van der Waals surface area contributed by atoms with E-state index in [4.69, 9.17) is 0 Å². The summed E-state index contributed by atoms with van der Waals surface area (Å²) in [6.07, 6.45) is 5.73. The topological polar surface area (TPSA) is 91.7 Å². The highest BCUT2D eigenvalue weighted by Crippen LogP contribution is 2.23. The molecule has 132 valence electrons. The first-order valence-electron chi connectivity index (χ1n) is 7.54. The molecule has 1 heterocycles. The number of aryl methyl sites for hydroxylation is 2. The van der Waals surface area contributed by atoms with E-state index in [1.807, 2.05) is 13.0 Å². The molecule has 2 rings (SSSR count). The lowest BCUT2D eigenvalue weighted by molar-refractivity contribution is -0.119. The van der Waals surface area contributed by atoms with Gasteiger partial charge in [-0.3, -0.25) is 14.1 Å². The van der Waals surface area contributed by atoms with Crippen LogP contribution in [0.25, 0.3) is 0 Å². The number of pyridine rings is 1. The first-order chi connectivity index (χ1) is 11.8. The van der Waals surface area contributed by atoms with E-state index in [9.17, 15) is 13.2 Å². The van der Waals surface area contributed by atoms with Crippen molar-refractivity contribution >= 4 is 27.8 Å². The quantitative estimate of drug-likeness (QED) is 0.626. The highest BCUT2D eigenvalue weighted by Gasteiger charge is 2.22. The number of rotatable bonds is 6. The zero-order valence-electron chi connectivity index (χ0n) is 14.3. The summed E-state index contributed by atoms with van der Waals surface area (Å²) in [5.74, 6) is -0.537. The number of amides is 1. The molecule has 0 saturated carbocycles. The van der Waals surface area contributed by atoms with E-state index in [1.165, 1.54) is 6.21 Å². The van der Waals surface area contributed by atoms with Gasteiger partial charge >= 0.3 is 0 Å². The summed E-state index contributed by atoms with van der Waals surface area (Å²) in [7, 11) is -3.61. The van der Waals surface area contributed by atoms with Gasteiger partial charge in [-0.25, -0.2) is 13.8 Å². The van der Waals surface area contributed by atoms with Crippen molar-refractivity contribution in [2.45, 2.75) is 13.8 Å². The normalized spacial score (nSPS) is 11.5. The van der Waals surface area contributed by atoms with Gasteiger partial charge in [-0.05, 0) is 31.5 Å². The Morgan fingerprint density at radius 1 is 1.32 bits per heavy atom. The second-order valence-electron chi connectivity index (χ2n) is 5.64. The van der Waals surface area contributed by atoms with Crippen LogP contribution in [0.1, 0.15) is 16.7 Å². The second-order valence-corrected chi connectivity index (χ2v) is 7.55. The molecule has 0 aliphatic carbocycles. The van der Waals surface area contributed by atoms with Gasteiger partial charge in [0.2, 0.25) is 10.0 Å². The van der Waals surface area contributed by atoms with Gasteiger partial charge in [-0.1, -0.05) is 23.8 Å². The molecular formula is C17H20N4O3S. The fraction of sp³-hybridized carbons (Fsp3) is 0.235. The van der Waals surface area contributed by atoms with E-state index >= 15 is 0 Å². The van der Waals surface area contributed by atoms with Gasteiger partial charge in [0.15, 0.2) is 0 Å². The maximum absolute atomic E-state index is 12.1. The van der Waals surface area contributed by atoms with Crippen molar-refractivity contribution < 1.29 is 13.2 Å². The fourth-order valence-electron chi connectivity index (χ4n) is 2.26. The van der Waals surface area contributed by atoms with Crippen molar-refractivity contribution in [1.29, 1.82) is 0 Å². The SMILES string of the molecule is Cc1ccc(N(CC(=O)N/N=C\c2cccnc2)S(C)(=O)=O)c(C)c1.